The monoisotopic (exact) mass is 336 g/mol. The van der Waals surface area contributed by atoms with Gasteiger partial charge in [-0.1, -0.05) is 0 Å². The molecule has 0 saturated carbocycles. The fourth-order valence-electron chi connectivity index (χ4n) is 3.06. The maximum absolute atomic E-state index is 12.9. The van der Waals surface area contributed by atoms with Gasteiger partial charge >= 0.3 is 0 Å². The summed E-state index contributed by atoms with van der Waals surface area (Å²) in [5.74, 6) is -2.47. The highest BCUT2D eigenvalue weighted by molar-refractivity contribution is 4.86. The largest absolute Gasteiger partial charge is 0.298 e. The maximum atomic E-state index is 12.9. The predicted octanol–water partition coefficient (Wildman–Crippen LogP) is 4.73. The molecule has 0 aromatic carbocycles. The molecule has 2 fully saturated rings. The highest BCUT2D eigenvalue weighted by Crippen LogP contribution is 2.30. The second-order valence-electron chi connectivity index (χ2n) is 8.88. The van der Waals surface area contributed by atoms with Gasteiger partial charge < -0.3 is 0 Å². The SMILES string of the molecule is CC(C)(C)N1CCC(F)CC1.CC(C)(C)N1CCCC(F)(F)C1. The number of halogens is 3. The molecule has 2 nitrogen and oxygen atoms in total. The van der Waals surface area contributed by atoms with Crippen LogP contribution in [-0.2, 0) is 0 Å². The van der Waals surface area contributed by atoms with Crippen LogP contribution < -0.4 is 0 Å². The topological polar surface area (TPSA) is 6.48 Å². The van der Waals surface area contributed by atoms with Gasteiger partial charge in [0.05, 0.1) is 6.54 Å². The number of nitrogens with zero attached hydrogens (tertiary/aromatic N) is 2. The molecule has 23 heavy (non-hydrogen) atoms. The average Bonchev–Trinajstić information content (AvgIpc) is 2.36. The fraction of sp³-hybridized carbons (Fsp3) is 1.00. The van der Waals surface area contributed by atoms with Crippen molar-refractivity contribution >= 4 is 0 Å². The summed E-state index contributed by atoms with van der Waals surface area (Å²) in [6.45, 7) is 15.1. The van der Waals surface area contributed by atoms with Gasteiger partial charge in [0.2, 0.25) is 0 Å². The average molecular weight is 336 g/mol. The van der Waals surface area contributed by atoms with Crippen molar-refractivity contribution in [3.63, 3.8) is 0 Å². The Hall–Kier alpha value is -0.290. The lowest BCUT2D eigenvalue weighted by molar-refractivity contribution is -0.0861. The fourth-order valence-corrected chi connectivity index (χ4v) is 3.06. The molecule has 2 saturated heterocycles. The Morgan fingerprint density at radius 3 is 1.65 bits per heavy atom. The molecule has 2 aliphatic rings. The molecule has 2 heterocycles. The van der Waals surface area contributed by atoms with Crippen molar-refractivity contribution in [1.82, 2.24) is 9.80 Å². The van der Waals surface area contributed by atoms with E-state index in [1.165, 1.54) is 0 Å². The van der Waals surface area contributed by atoms with Crippen LogP contribution in [0.2, 0.25) is 0 Å². The summed E-state index contributed by atoms with van der Waals surface area (Å²) in [5, 5.41) is 0. The zero-order valence-electron chi connectivity index (χ0n) is 15.8. The maximum Gasteiger partial charge on any atom is 0.260 e. The number of hydrogen-bond acceptors (Lipinski definition) is 2. The van der Waals surface area contributed by atoms with E-state index in [9.17, 15) is 13.2 Å². The molecule has 0 N–H and O–H groups in total. The summed E-state index contributed by atoms with van der Waals surface area (Å²) in [5.41, 5.74) is 0.101. The normalized spacial score (nSPS) is 24.9. The van der Waals surface area contributed by atoms with Gasteiger partial charge in [-0.25, -0.2) is 13.2 Å². The van der Waals surface area contributed by atoms with Gasteiger partial charge in [0.15, 0.2) is 0 Å². The van der Waals surface area contributed by atoms with Crippen molar-refractivity contribution in [3.8, 4) is 0 Å². The van der Waals surface area contributed by atoms with Crippen molar-refractivity contribution in [2.75, 3.05) is 26.2 Å². The van der Waals surface area contributed by atoms with Crippen molar-refractivity contribution in [2.45, 2.75) is 90.4 Å². The molecule has 2 rings (SSSR count). The molecule has 0 aromatic rings. The van der Waals surface area contributed by atoms with Gasteiger partial charge in [-0.3, -0.25) is 9.80 Å². The summed E-state index contributed by atoms with van der Waals surface area (Å²) >= 11 is 0. The van der Waals surface area contributed by atoms with Crippen LogP contribution in [0.5, 0.6) is 0 Å². The van der Waals surface area contributed by atoms with Gasteiger partial charge in [-0.2, -0.15) is 0 Å². The third-order valence-corrected chi connectivity index (χ3v) is 4.71. The number of piperidine rings is 2. The smallest absolute Gasteiger partial charge is 0.260 e. The molecule has 0 unspecified atom stereocenters. The van der Waals surface area contributed by atoms with E-state index in [-0.39, 0.29) is 24.0 Å². The van der Waals surface area contributed by atoms with Crippen LogP contribution in [0.4, 0.5) is 13.2 Å². The van der Waals surface area contributed by atoms with E-state index in [0.29, 0.717) is 6.42 Å². The quantitative estimate of drug-likeness (QED) is 0.631. The highest BCUT2D eigenvalue weighted by Gasteiger charge is 2.38. The Labute approximate surface area is 140 Å². The molecule has 0 amide bonds. The Morgan fingerprint density at radius 2 is 1.30 bits per heavy atom. The minimum Gasteiger partial charge on any atom is -0.298 e. The molecule has 0 bridgehead atoms. The molecular weight excluding hydrogens is 301 g/mol. The number of alkyl halides is 3. The first-order valence-corrected chi connectivity index (χ1v) is 8.83. The zero-order valence-corrected chi connectivity index (χ0v) is 15.8. The third kappa shape index (κ3) is 7.42. The Kier molecular flexibility index (Phi) is 6.97. The van der Waals surface area contributed by atoms with Crippen molar-refractivity contribution in [1.29, 1.82) is 0 Å². The van der Waals surface area contributed by atoms with E-state index in [1.54, 1.807) is 0 Å². The third-order valence-electron chi connectivity index (χ3n) is 4.71. The van der Waals surface area contributed by atoms with E-state index < -0.39 is 12.1 Å². The summed E-state index contributed by atoms with van der Waals surface area (Å²) in [6.07, 6.45) is 1.56. The van der Waals surface area contributed by atoms with Crippen LogP contribution in [0, 0.1) is 0 Å². The second kappa shape index (κ2) is 7.73. The van der Waals surface area contributed by atoms with E-state index in [1.807, 2.05) is 25.7 Å². The van der Waals surface area contributed by atoms with Crippen LogP contribution in [0.1, 0.15) is 67.2 Å². The van der Waals surface area contributed by atoms with Gasteiger partial charge in [0.1, 0.15) is 6.17 Å². The molecule has 2 aliphatic heterocycles. The van der Waals surface area contributed by atoms with Crippen LogP contribution in [0.15, 0.2) is 0 Å². The first kappa shape index (κ1) is 20.8. The van der Waals surface area contributed by atoms with Gasteiger partial charge in [-0.05, 0) is 67.3 Å². The molecule has 0 atom stereocenters. The summed E-state index contributed by atoms with van der Waals surface area (Å²) in [4.78, 5) is 4.21. The molecule has 0 aromatic heterocycles. The highest BCUT2D eigenvalue weighted by atomic mass is 19.3. The summed E-state index contributed by atoms with van der Waals surface area (Å²) in [6, 6.07) is 0. The van der Waals surface area contributed by atoms with Gasteiger partial charge in [-0.15, -0.1) is 0 Å². The number of hydrogen-bond donors (Lipinski definition) is 0. The van der Waals surface area contributed by atoms with Crippen molar-refractivity contribution < 1.29 is 13.2 Å². The predicted molar refractivity (Wildman–Crippen MR) is 91.0 cm³/mol. The van der Waals surface area contributed by atoms with Crippen LogP contribution >= 0.6 is 0 Å². The van der Waals surface area contributed by atoms with Crippen LogP contribution in [-0.4, -0.2) is 59.2 Å². The van der Waals surface area contributed by atoms with E-state index in [2.05, 4.69) is 25.7 Å². The first-order chi connectivity index (χ1) is 10.3. The van der Waals surface area contributed by atoms with E-state index >= 15 is 0 Å². The summed E-state index contributed by atoms with van der Waals surface area (Å²) < 4.78 is 38.6. The van der Waals surface area contributed by atoms with Crippen molar-refractivity contribution in [3.05, 3.63) is 0 Å². The molecular formula is C18H35F3N2. The Morgan fingerprint density at radius 1 is 0.826 bits per heavy atom. The first-order valence-electron chi connectivity index (χ1n) is 8.83. The number of likely N-dealkylation sites (tertiary alicyclic amines) is 2. The summed E-state index contributed by atoms with van der Waals surface area (Å²) in [7, 11) is 0. The number of rotatable bonds is 0. The molecule has 0 spiro atoms. The van der Waals surface area contributed by atoms with Crippen LogP contribution in [0.25, 0.3) is 0 Å². The van der Waals surface area contributed by atoms with Gasteiger partial charge in [0.25, 0.3) is 5.92 Å². The van der Waals surface area contributed by atoms with Gasteiger partial charge in [0, 0.05) is 30.6 Å². The standard InChI is InChI=1S/C9H17F2N.C9H18FN/c1-8(2,3)12-6-4-5-9(10,11)7-12;1-9(2,3)11-6-4-8(10)5-7-11/h4-7H2,1-3H3;8H,4-7H2,1-3H3. The second-order valence-corrected chi connectivity index (χ2v) is 8.88. The Bertz CT molecular complexity index is 347. The van der Waals surface area contributed by atoms with Crippen molar-refractivity contribution in [2.24, 2.45) is 0 Å². The lowest BCUT2D eigenvalue weighted by atomic mass is 9.99. The zero-order chi connectivity index (χ0) is 17.9. The lowest BCUT2D eigenvalue weighted by Crippen LogP contribution is -2.51. The molecule has 0 radical (unpaired) electrons. The van der Waals surface area contributed by atoms with E-state index in [0.717, 1.165) is 32.5 Å². The lowest BCUT2D eigenvalue weighted by Gasteiger charge is -2.41. The molecule has 138 valence electrons. The minimum absolute atomic E-state index is 0.0551. The molecule has 0 aliphatic carbocycles. The minimum atomic E-state index is -2.47. The molecule has 5 heteroatoms. The van der Waals surface area contributed by atoms with Crippen LogP contribution in [0.3, 0.4) is 0 Å². The van der Waals surface area contributed by atoms with E-state index in [4.69, 9.17) is 0 Å². The Balaban J connectivity index is 0.000000231.